The van der Waals surface area contributed by atoms with E-state index in [2.05, 4.69) is 12.2 Å². The second-order valence-electron chi connectivity index (χ2n) is 2.49. The minimum absolute atomic E-state index is 0.0470. The molecule has 0 saturated carbocycles. The number of rotatable bonds is 2. The lowest BCUT2D eigenvalue weighted by Crippen LogP contribution is -2.19. The Kier molecular flexibility index (Phi) is 2.86. The summed E-state index contributed by atoms with van der Waals surface area (Å²) in [6.07, 6.45) is 0.642. The number of hydrogen-bond acceptors (Lipinski definition) is 1. The van der Waals surface area contributed by atoms with Crippen LogP contribution >= 0.6 is 0 Å². The summed E-state index contributed by atoms with van der Waals surface area (Å²) >= 11 is 0. The molecule has 63 valence electrons. The second kappa shape index (κ2) is 3.90. The molecule has 1 amide bonds. The molecule has 1 rings (SSSR count). The highest BCUT2D eigenvalue weighted by molar-refractivity contribution is 5.95. The lowest BCUT2D eigenvalue weighted by molar-refractivity contribution is 0.0962. The molecule has 0 heterocycles. The minimum Gasteiger partial charge on any atom is -0.355 e. The van der Waals surface area contributed by atoms with Gasteiger partial charge in [0.25, 0.3) is 5.91 Å². The van der Waals surface area contributed by atoms with E-state index < -0.39 is 0 Å². The van der Waals surface area contributed by atoms with Gasteiger partial charge in [0.1, 0.15) is 0 Å². The zero-order chi connectivity index (χ0) is 8.97. The number of carbonyl (C=O) groups excluding carboxylic acids is 1. The summed E-state index contributed by atoms with van der Waals surface area (Å²) in [5.74, 6) is -0.0470. The SMILES string of the molecule is [CH2]Cc1ccccc1C(=O)NC. The highest BCUT2D eigenvalue weighted by Crippen LogP contribution is 2.08. The number of carbonyl (C=O) groups is 1. The Hall–Kier alpha value is -1.31. The predicted octanol–water partition coefficient (Wildman–Crippen LogP) is 1.42. The topological polar surface area (TPSA) is 29.1 Å². The van der Waals surface area contributed by atoms with Crippen molar-refractivity contribution in [1.82, 2.24) is 5.32 Å². The third-order valence-corrected chi connectivity index (χ3v) is 1.76. The van der Waals surface area contributed by atoms with E-state index in [0.717, 1.165) is 11.1 Å². The summed E-state index contributed by atoms with van der Waals surface area (Å²) in [6, 6.07) is 7.48. The number of nitrogens with one attached hydrogen (secondary N) is 1. The quantitative estimate of drug-likeness (QED) is 0.700. The Bertz CT molecular complexity index is 281. The smallest absolute Gasteiger partial charge is 0.251 e. The van der Waals surface area contributed by atoms with Crippen LogP contribution in [0.3, 0.4) is 0 Å². The van der Waals surface area contributed by atoms with Gasteiger partial charge in [-0.25, -0.2) is 0 Å². The second-order valence-corrected chi connectivity index (χ2v) is 2.49. The van der Waals surface area contributed by atoms with Crippen molar-refractivity contribution in [3.63, 3.8) is 0 Å². The minimum atomic E-state index is -0.0470. The zero-order valence-electron chi connectivity index (χ0n) is 7.13. The molecule has 1 radical (unpaired) electrons. The van der Waals surface area contributed by atoms with Gasteiger partial charge in [-0.3, -0.25) is 4.79 Å². The Morgan fingerprint density at radius 3 is 2.75 bits per heavy atom. The molecule has 2 heteroatoms. The summed E-state index contributed by atoms with van der Waals surface area (Å²) in [7, 11) is 1.63. The Morgan fingerprint density at radius 1 is 1.50 bits per heavy atom. The van der Waals surface area contributed by atoms with Gasteiger partial charge < -0.3 is 5.32 Å². The Balaban J connectivity index is 3.04. The van der Waals surface area contributed by atoms with Gasteiger partial charge in [-0.15, -0.1) is 0 Å². The van der Waals surface area contributed by atoms with Crippen molar-refractivity contribution >= 4 is 5.91 Å². The van der Waals surface area contributed by atoms with E-state index in [-0.39, 0.29) is 5.91 Å². The average Bonchev–Trinajstić information content (AvgIpc) is 2.16. The van der Waals surface area contributed by atoms with Gasteiger partial charge in [0.2, 0.25) is 0 Å². The van der Waals surface area contributed by atoms with Crippen LogP contribution in [0.4, 0.5) is 0 Å². The third kappa shape index (κ3) is 1.64. The van der Waals surface area contributed by atoms with Gasteiger partial charge in [0, 0.05) is 12.6 Å². The lowest BCUT2D eigenvalue weighted by atomic mass is 10.1. The van der Waals surface area contributed by atoms with Crippen LogP contribution in [0.15, 0.2) is 24.3 Å². The van der Waals surface area contributed by atoms with Crippen molar-refractivity contribution in [3.05, 3.63) is 42.3 Å². The molecule has 12 heavy (non-hydrogen) atoms. The highest BCUT2D eigenvalue weighted by Gasteiger charge is 2.05. The monoisotopic (exact) mass is 162 g/mol. The molecule has 0 unspecified atom stereocenters. The molecule has 1 aromatic carbocycles. The molecule has 0 aliphatic carbocycles. The molecule has 0 spiro atoms. The van der Waals surface area contributed by atoms with Crippen molar-refractivity contribution in [3.8, 4) is 0 Å². The van der Waals surface area contributed by atoms with E-state index in [1.807, 2.05) is 18.2 Å². The fourth-order valence-electron chi connectivity index (χ4n) is 1.09. The molecule has 0 bridgehead atoms. The lowest BCUT2D eigenvalue weighted by Gasteiger charge is -2.04. The van der Waals surface area contributed by atoms with Gasteiger partial charge in [0.15, 0.2) is 0 Å². The van der Waals surface area contributed by atoms with E-state index in [9.17, 15) is 4.79 Å². The summed E-state index contributed by atoms with van der Waals surface area (Å²) in [5, 5.41) is 2.59. The van der Waals surface area contributed by atoms with Crippen molar-refractivity contribution in [2.24, 2.45) is 0 Å². The fraction of sp³-hybridized carbons (Fsp3) is 0.200. The molecule has 0 saturated heterocycles. The summed E-state index contributed by atoms with van der Waals surface area (Å²) in [5.41, 5.74) is 1.70. The number of benzene rings is 1. The van der Waals surface area contributed by atoms with Crippen LogP contribution in [0.1, 0.15) is 15.9 Å². The van der Waals surface area contributed by atoms with Gasteiger partial charge in [-0.2, -0.15) is 0 Å². The van der Waals surface area contributed by atoms with Crippen LogP contribution < -0.4 is 5.32 Å². The van der Waals surface area contributed by atoms with Gasteiger partial charge >= 0.3 is 0 Å². The molecular formula is C10H12NO. The van der Waals surface area contributed by atoms with E-state index >= 15 is 0 Å². The van der Waals surface area contributed by atoms with E-state index in [4.69, 9.17) is 0 Å². The van der Waals surface area contributed by atoms with Crippen molar-refractivity contribution in [2.75, 3.05) is 7.05 Å². The molecule has 0 fully saturated rings. The summed E-state index contributed by atoms with van der Waals surface area (Å²) in [6.45, 7) is 3.75. The first-order valence-corrected chi connectivity index (χ1v) is 3.89. The molecule has 0 aliphatic rings. The van der Waals surface area contributed by atoms with Gasteiger partial charge in [-0.1, -0.05) is 18.2 Å². The first kappa shape index (κ1) is 8.78. The first-order chi connectivity index (χ1) is 5.79. The fourth-order valence-corrected chi connectivity index (χ4v) is 1.09. The number of amides is 1. The third-order valence-electron chi connectivity index (χ3n) is 1.76. The molecule has 0 atom stereocenters. The summed E-state index contributed by atoms with van der Waals surface area (Å²) < 4.78 is 0. The van der Waals surface area contributed by atoms with Crippen molar-refractivity contribution < 1.29 is 4.79 Å². The van der Waals surface area contributed by atoms with Crippen LogP contribution in [-0.2, 0) is 6.42 Å². The maximum atomic E-state index is 11.3. The first-order valence-electron chi connectivity index (χ1n) is 3.89. The van der Waals surface area contributed by atoms with E-state index in [1.54, 1.807) is 13.1 Å². The normalized spacial score (nSPS) is 9.50. The van der Waals surface area contributed by atoms with Crippen molar-refractivity contribution in [2.45, 2.75) is 6.42 Å². The maximum Gasteiger partial charge on any atom is 0.251 e. The molecule has 1 N–H and O–H groups in total. The standard InChI is InChI=1S/C10H12NO/c1-3-8-6-4-5-7-9(8)10(12)11-2/h4-7H,1,3H2,2H3,(H,11,12). The van der Waals surface area contributed by atoms with Crippen LogP contribution in [-0.4, -0.2) is 13.0 Å². The predicted molar refractivity (Wildman–Crippen MR) is 48.9 cm³/mol. The molecule has 2 nitrogen and oxygen atoms in total. The zero-order valence-corrected chi connectivity index (χ0v) is 7.13. The van der Waals surface area contributed by atoms with Crippen LogP contribution in [0.2, 0.25) is 0 Å². The van der Waals surface area contributed by atoms with Gasteiger partial charge in [0.05, 0.1) is 0 Å². The Morgan fingerprint density at radius 2 is 2.17 bits per heavy atom. The maximum absolute atomic E-state index is 11.3. The number of hydrogen-bond donors (Lipinski definition) is 1. The molecule has 1 aromatic rings. The molecule has 0 aromatic heterocycles. The van der Waals surface area contributed by atoms with Gasteiger partial charge in [-0.05, 0) is 25.0 Å². The Labute approximate surface area is 72.6 Å². The highest BCUT2D eigenvalue weighted by atomic mass is 16.1. The van der Waals surface area contributed by atoms with Crippen LogP contribution in [0.25, 0.3) is 0 Å². The van der Waals surface area contributed by atoms with Crippen LogP contribution in [0, 0.1) is 6.92 Å². The van der Waals surface area contributed by atoms with Crippen molar-refractivity contribution in [1.29, 1.82) is 0 Å². The molecular weight excluding hydrogens is 150 g/mol. The average molecular weight is 162 g/mol. The summed E-state index contributed by atoms with van der Waals surface area (Å²) in [4.78, 5) is 11.3. The largest absolute Gasteiger partial charge is 0.355 e. The van der Waals surface area contributed by atoms with Crippen LogP contribution in [0.5, 0.6) is 0 Å². The molecule has 0 aliphatic heterocycles. The van der Waals surface area contributed by atoms with E-state index in [0.29, 0.717) is 6.42 Å². The van der Waals surface area contributed by atoms with E-state index in [1.165, 1.54) is 0 Å².